The van der Waals surface area contributed by atoms with Gasteiger partial charge < -0.3 is 15.0 Å². The van der Waals surface area contributed by atoms with Crippen LogP contribution in [-0.4, -0.2) is 43.1 Å². The van der Waals surface area contributed by atoms with Gasteiger partial charge in [0.05, 0.1) is 7.11 Å². The largest absolute Gasteiger partial charge is 0.453 e. The van der Waals surface area contributed by atoms with E-state index in [-0.39, 0.29) is 18.0 Å². The van der Waals surface area contributed by atoms with E-state index in [2.05, 4.69) is 19.2 Å². The Hall–Kier alpha value is -1.26. The van der Waals surface area contributed by atoms with Gasteiger partial charge in [-0.25, -0.2) is 4.79 Å². The molecule has 1 fully saturated rings. The van der Waals surface area contributed by atoms with Crippen molar-refractivity contribution in [3.8, 4) is 0 Å². The molecular formula is C12H22N2O3. The van der Waals surface area contributed by atoms with Crippen LogP contribution < -0.4 is 5.32 Å². The van der Waals surface area contributed by atoms with Gasteiger partial charge in [-0.1, -0.05) is 13.8 Å². The number of hydrogen-bond donors (Lipinski definition) is 1. The van der Waals surface area contributed by atoms with Gasteiger partial charge in [-0.3, -0.25) is 4.79 Å². The number of ether oxygens (including phenoxy) is 1. The molecule has 0 spiro atoms. The molecule has 0 radical (unpaired) electrons. The van der Waals surface area contributed by atoms with E-state index in [1.54, 1.807) is 4.90 Å². The highest BCUT2D eigenvalue weighted by atomic mass is 16.5. The summed E-state index contributed by atoms with van der Waals surface area (Å²) in [7, 11) is 1.38. The average Bonchev–Trinajstić information content (AvgIpc) is 2.26. The maximum absolute atomic E-state index is 11.6. The Morgan fingerprint density at radius 3 is 2.47 bits per heavy atom. The Balaban J connectivity index is 2.68. The zero-order valence-corrected chi connectivity index (χ0v) is 11.0. The second-order valence-electron chi connectivity index (χ2n) is 5.01. The molecule has 1 heterocycles. The molecule has 0 aliphatic carbocycles. The fourth-order valence-corrected chi connectivity index (χ4v) is 2.29. The number of nitrogens with one attached hydrogen (secondary N) is 1. The summed E-state index contributed by atoms with van der Waals surface area (Å²) in [6, 6.07) is 0.0350. The van der Waals surface area contributed by atoms with E-state index in [0.717, 1.165) is 6.42 Å². The van der Waals surface area contributed by atoms with E-state index in [0.29, 0.717) is 24.9 Å². The minimum absolute atomic E-state index is 0.0350. The van der Waals surface area contributed by atoms with Gasteiger partial charge in [-0.05, 0) is 18.3 Å². The summed E-state index contributed by atoms with van der Waals surface area (Å²) in [4.78, 5) is 24.3. The lowest BCUT2D eigenvalue weighted by Crippen LogP contribution is -2.53. The highest BCUT2D eigenvalue weighted by Gasteiger charge is 2.32. The van der Waals surface area contributed by atoms with E-state index in [4.69, 9.17) is 4.74 Å². The molecule has 1 aliphatic heterocycles. The molecule has 1 saturated heterocycles. The van der Waals surface area contributed by atoms with Crippen molar-refractivity contribution in [2.24, 2.45) is 11.8 Å². The molecule has 1 rings (SSSR count). The van der Waals surface area contributed by atoms with Crippen LogP contribution in [0.3, 0.4) is 0 Å². The number of carbonyl (C=O) groups excluding carboxylic acids is 2. The number of piperidine rings is 1. The first-order valence-electron chi connectivity index (χ1n) is 6.04. The molecule has 5 heteroatoms. The average molecular weight is 242 g/mol. The van der Waals surface area contributed by atoms with Gasteiger partial charge in [0.25, 0.3) is 0 Å². The van der Waals surface area contributed by atoms with Crippen molar-refractivity contribution in [2.45, 2.75) is 33.2 Å². The molecule has 1 aliphatic rings. The summed E-state index contributed by atoms with van der Waals surface area (Å²) in [5, 5.41) is 2.89. The van der Waals surface area contributed by atoms with Crippen LogP contribution in [0, 0.1) is 11.8 Å². The molecule has 0 aromatic carbocycles. The van der Waals surface area contributed by atoms with Gasteiger partial charge in [-0.2, -0.15) is 0 Å². The Bertz CT molecular complexity index is 291. The Labute approximate surface area is 102 Å². The summed E-state index contributed by atoms with van der Waals surface area (Å²) in [6.45, 7) is 7.02. The number of amides is 2. The highest BCUT2D eigenvalue weighted by molar-refractivity contribution is 5.73. The zero-order chi connectivity index (χ0) is 13.0. The zero-order valence-electron chi connectivity index (χ0n) is 11.0. The predicted octanol–water partition coefficient (Wildman–Crippen LogP) is 1.24. The van der Waals surface area contributed by atoms with Crippen molar-refractivity contribution in [3.05, 3.63) is 0 Å². The van der Waals surface area contributed by atoms with Crippen LogP contribution in [0.5, 0.6) is 0 Å². The molecule has 0 bridgehead atoms. The number of likely N-dealkylation sites (tertiary alicyclic amines) is 1. The summed E-state index contributed by atoms with van der Waals surface area (Å²) in [6.07, 6.45) is 0.607. The van der Waals surface area contributed by atoms with Crippen LogP contribution in [-0.2, 0) is 9.53 Å². The van der Waals surface area contributed by atoms with Gasteiger partial charge in [0.15, 0.2) is 0 Å². The van der Waals surface area contributed by atoms with Crippen LogP contribution in [0.1, 0.15) is 27.2 Å². The first kappa shape index (κ1) is 13.8. The van der Waals surface area contributed by atoms with Crippen molar-refractivity contribution in [1.29, 1.82) is 0 Å². The lowest BCUT2D eigenvalue weighted by Gasteiger charge is -2.38. The van der Waals surface area contributed by atoms with Crippen molar-refractivity contribution in [1.82, 2.24) is 10.2 Å². The Morgan fingerprint density at radius 2 is 2.00 bits per heavy atom. The van der Waals surface area contributed by atoms with Gasteiger partial charge >= 0.3 is 6.09 Å². The predicted molar refractivity (Wildman–Crippen MR) is 64.5 cm³/mol. The van der Waals surface area contributed by atoms with E-state index >= 15 is 0 Å². The second kappa shape index (κ2) is 5.89. The van der Waals surface area contributed by atoms with E-state index < -0.39 is 0 Å². The molecule has 2 amide bonds. The molecule has 0 aromatic rings. The van der Waals surface area contributed by atoms with Crippen LogP contribution in [0.15, 0.2) is 0 Å². The number of nitrogens with zero attached hydrogens (tertiary/aromatic N) is 1. The molecule has 0 saturated carbocycles. The fraction of sp³-hybridized carbons (Fsp3) is 0.833. The quantitative estimate of drug-likeness (QED) is 0.792. The lowest BCUT2D eigenvalue weighted by atomic mass is 9.85. The SMILES string of the molecule is COC(=O)N1CC(NC(C)=O)CC(C(C)C)C1. The van der Waals surface area contributed by atoms with Gasteiger partial charge in [0.2, 0.25) is 5.91 Å². The topological polar surface area (TPSA) is 58.6 Å². The minimum atomic E-state index is -0.314. The molecule has 0 aromatic heterocycles. The van der Waals surface area contributed by atoms with Crippen molar-refractivity contribution >= 4 is 12.0 Å². The minimum Gasteiger partial charge on any atom is -0.453 e. The highest BCUT2D eigenvalue weighted by Crippen LogP contribution is 2.24. The third-order valence-corrected chi connectivity index (χ3v) is 3.27. The van der Waals surface area contributed by atoms with E-state index in [1.165, 1.54) is 14.0 Å². The first-order chi connectivity index (χ1) is 7.93. The number of methoxy groups -OCH3 is 1. The standard InChI is InChI=1S/C12H22N2O3/c1-8(2)10-5-11(13-9(3)15)7-14(6-10)12(16)17-4/h8,10-11H,5-7H2,1-4H3,(H,13,15). The molecule has 17 heavy (non-hydrogen) atoms. The third-order valence-electron chi connectivity index (χ3n) is 3.27. The first-order valence-corrected chi connectivity index (χ1v) is 6.04. The molecule has 2 unspecified atom stereocenters. The van der Waals surface area contributed by atoms with Crippen LogP contribution >= 0.6 is 0 Å². The van der Waals surface area contributed by atoms with Crippen LogP contribution in [0.25, 0.3) is 0 Å². The molecule has 1 N–H and O–H groups in total. The van der Waals surface area contributed by atoms with Gasteiger partial charge in [0, 0.05) is 26.1 Å². The van der Waals surface area contributed by atoms with Crippen molar-refractivity contribution in [2.75, 3.05) is 20.2 Å². The van der Waals surface area contributed by atoms with Crippen molar-refractivity contribution < 1.29 is 14.3 Å². The maximum atomic E-state index is 11.6. The Morgan fingerprint density at radius 1 is 1.35 bits per heavy atom. The summed E-state index contributed by atoms with van der Waals surface area (Å²) in [5.74, 6) is 0.836. The molecule has 98 valence electrons. The van der Waals surface area contributed by atoms with Crippen LogP contribution in [0.2, 0.25) is 0 Å². The molecular weight excluding hydrogens is 220 g/mol. The maximum Gasteiger partial charge on any atom is 0.409 e. The summed E-state index contributed by atoms with van der Waals surface area (Å²) >= 11 is 0. The Kier molecular flexibility index (Phi) is 4.78. The molecule has 5 nitrogen and oxygen atoms in total. The van der Waals surface area contributed by atoms with Gasteiger partial charge in [-0.15, -0.1) is 0 Å². The lowest BCUT2D eigenvalue weighted by molar-refractivity contribution is -0.120. The van der Waals surface area contributed by atoms with E-state index in [9.17, 15) is 9.59 Å². The monoisotopic (exact) mass is 242 g/mol. The number of hydrogen-bond acceptors (Lipinski definition) is 3. The van der Waals surface area contributed by atoms with E-state index in [1.807, 2.05) is 0 Å². The van der Waals surface area contributed by atoms with Gasteiger partial charge in [0.1, 0.15) is 0 Å². The van der Waals surface area contributed by atoms with Crippen molar-refractivity contribution in [3.63, 3.8) is 0 Å². The smallest absolute Gasteiger partial charge is 0.409 e. The number of carbonyl (C=O) groups is 2. The summed E-state index contributed by atoms with van der Waals surface area (Å²) in [5.41, 5.74) is 0. The van der Waals surface area contributed by atoms with Crippen LogP contribution in [0.4, 0.5) is 4.79 Å². The molecule has 2 atom stereocenters. The summed E-state index contributed by atoms with van der Waals surface area (Å²) < 4.78 is 4.75. The number of rotatable bonds is 2. The second-order valence-corrected chi connectivity index (χ2v) is 5.01. The third kappa shape index (κ3) is 3.91. The fourth-order valence-electron chi connectivity index (χ4n) is 2.29. The normalized spacial score (nSPS) is 24.6.